The number of nitrogens with one attached hydrogen (secondary N) is 2. The first kappa shape index (κ1) is 24.7. The fourth-order valence-corrected chi connectivity index (χ4v) is 3.40. The van der Waals surface area contributed by atoms with Crippen molar-refractivity contribution >= 4 is 29.4 Å². The van der Waals surface area contributed by atoms with E-state index in [-0.39, 0.29) is 22.8 Å². The van der Waals surface area contributed by atoms with Gasteiger partial charge in [0, 0.05) is 5.69 Å². The van der Waals surface area contributed by atoms with Crippen LogP contribution in [0.5, 0.6) is 0 Å². The maximum atomic E-state index is 12.3. The van der Waals surface area contributed by atoms with E-state index in [4.69, 9.17) is 9.15 Å². The number of nitrogens with zero attached hydrogens (tertiary/aromatic N) is 2. The van der Waals surface area contributed by atoms with Gasteiger partial charge in [0.1, 0.15) is 11.6 Å². The Balaban J connectivity index is 1.97. The molecule has 8 nitrogen and oxygen atoms in total. The second-order valence-electron chi connectivity index (χ2n) is 8.58. The zero-order valence-electron chi connectivity index (χ0n) is 19.0. The maximum Gasteiger partial charge on any atom is 0.408 e. The van der Waals surface area contributed by atoms with Crippen molar-refractivity contribution in [2.75, 3.05) is 11.1 Å². The average Bonchev–Trinajstić information content (AvgIpc) is 3.13. The van der Waals surface area contributed by atoms with Crippen molar-refractivity contribution in [1.82, 2.24) is 15.5 Å². The number of thioether (sulfide) groups is 1. The fraction of sp³-hybridized carbons (Fsp3) is 0.545. The third-order valence-electron chi connectivity index (χ3n) is 4.12. The van der Waals surface area contributed by atoms with E-state index in [2.05, 4.69) is 20.8 Å². The van der Waals surface area contributed by atoms with Crippen LogP contribution in [0.15, 0.2) is 33.9 Å². The summed E-state index contributed by atoms with van der Waals surface area (Å²) in [6.45, 7) is 11.5. The standard InChI is InChI=1S/C22H32N4O4S/c1-7-15-10-8-9-11-16(15)23-18(27)13-31-21-26-25-19(29-21)17(12-14(2)3)24-20(28)30-22(4,5)6/h8-11,14,17H,7,12-13H2,1-6H3,(H,23,27)(H,24,28)/t17-/m1/s1. The molecule has 0 aliphatic carbocycles. The number of carbonyl (C=O) groups is 2. The van der Waals surface area contributed by atoms with Gasteiger partial charge >= 0.3 is 6.09 Å². The lowest BCUT2D eigenvalue weighted by Crippen LogP contribution is -2.35. The van der Waals surface area contributed by atoms with Crippen LogP contribution in [0.2, 0.25) is 0 Å². The quantitative estimate of drug-likeness (QED) is 0.521. The third kappa shape index (κ3) is 8.61. The molecule has 0 radical (unpaired) electrons. The molecule has 1 heterocycles. The van der Waals surface area contributed by atoms with Gasteiger partial charge in [-0.3, -0.25) is 4.79 Å². The van der Waals surface area contributed by atoms with Crippen molar-refractivity contribution in [3.8, 4) is 0 Å². The summed E-state index contributed by atoms with van der Waals surface area (Å²) in [5, 5.41) is 14.1. The average molecular weight is 449 g/mol. The molecule has 1 aromatic heterocycles. The van der Waals surface area contributed by atoms with E-state index in [1.54, 1.807) is 20.8 Å². The van der Waals surface area contributed by atoms with Gasteiger partial charge in [-0.25, -0.2) is 4.79 Å². The lowest BCUT2D eigenvalue weighted by atomic mass is 10.0. The lowest BCUT2D eigenvalue weighted by Gasteiger charge is -2.22. The molecule has 2 aromatic rings. The number of para-hydroxylation sites is 1. The Hall–Kier alpha value is -2.55. The highest BCUT2D eigenvalue weighted by molar-refractivity contribution is 7.99. The van der Waals surface area contributed by atoms with Crippen LogP contribution < -0.4 is 10.6 Å². The van der Waals surface area contributed by atoms with Crippen LogP contribution in [0.1, 0.15) is 65.5 Å². The molecular weight excluding hydrogens is 416 g/mol. The van der Waals surface area contributed by atoms with E-state index in [1.165, 1.54) is 0 Å². The van der Waals surface area contributed by atoms with E-state index in [9.17, 15) is 9.59 Å². The Labute approximate surface area is 187 Å². The number of aromatic nitrogens is 2. The molecular formula is C22H32N4O4S. The van der Waals surface area contributed by atoms with Gasteiger partial charge in [-0.1, -0.05) is 50.7 Å². The number of hydrogen-bond acceptors (Lipinski definition) is 7. The first-order valence-corrected chi connectivity index (χ1v) is 11.4. The molecule has 31 heavy (non-hydrogen) atoms. The topological polar surface area (TPSA) is 106 Å². The van der Waals surface area contributed by atoms with Crippen molar-refractivity contribution in [1.29, 1.82) is 0 Å². The van der Waals surface area contributed by atoms with Gasteiger partial charge in [-0.05, 0) is 51.2 Å². The first-order chi connectivity index (χ1) is 14.6. The molecule has 0 spiro atoms. The zero-order valence-corrected chi connectivity index (χ0v) is 19.8. The summed E-state index contributed by atoms with van der Waals surface area (Å²) in [5.74, 6) is 0.552. The summed E-state index contributed by atoms with van der Waals surface area (Å²) in [6.07, 6.45) is 0.901. The van der Waals surface area contributed by atoms with E-state index >= 15 is 0 Å². The van der Waals surface area contributed by atoms with Crippen LogP contribution >= 0.6 is 11.8 Å². The zero-order chi connectivity index (χ0) is 23.0. The number of anilines is 1. The Morgan fingerprint density at radius 1 is 1.19 bits per heavy atom. The third-order valence-corrected chi connectivity index (χ3v) is 4.94. The molecule has 1 atom stereocenters. The molecule has 2 amide bonds. The number of amides is 2. The van der Waals surface area contributed by atoms with Crippen LogP contribution in [0.3, 0.4) is 0 Å². The summed E-state index contributed by atoms with van der Waals surface area (Å²) in [5.41, 5.74) is 1.28. The van der Waals surface area contributed by atoms with Crippen LogP contribution in [0, 0.1) is 5.92 Å². The number of carbonyl (C=O) groups excluding carboxylic acids is 2. The molecule has 9 heteroatoms. The van der Waals surface area contributed by atoms with Gasteiger partial charge < -0.3 is 19.8 Å². The molecule has 0 bridgehead atoms. The molecule has 0 aliphatic rings. The first-order valence-electron chi connectivity index (χ1n) is 10.4. The molecule has 0 aliphatic heterocycles. The van der Waals surface area contributed by atoms with Crippen molar-refractivity contribution in [3.05, 3.63) is 35.7 Å². The molecule has 0 saturated carbocycles. The smallest absolute Gasteiger partial charge is 0.408 e. The van der Waals surface area contributed by atoms with Gasteiger partial charge in [0.05, 0.1) is 5.75 Å². The van der Waals surface area contributed by atoms with Crippen LogP contribution in [-0.2, 0) is 16.0 Å². The number of hydrogen-bond donors (Lipinski definition) is 2. The summed E-state index contributed by atoms with van der Waals surface area (Å²) in [7, 11) is 0. The summed E-state index contributed by atoms with van der Waals surface area (Å²) in [4.78, 5) is 24.5. The highest BCUT2D eigenvalue weighted by Crippen LogP contribution is 2.25. The lowest BCUT2D eigenvalue weighted by molar-refractivity contribution is -0.113. The summed E-state index contributed by atoms with van der Waals surface area (Å²) >= 11 is 1.15. The number of rotatable bonds is 9. The van der Waals surface area contributed by atoms with Gasteiger partial charge in [0.2, 0.25) is 11.8 Å². The Morgan fingerprint density at radius 3 is 2.55 bits per heavy atom. The van der Waals surface area contributed by atoms with Gasteiger partial charge in [-0.2, -0.15) is 0 Å². The van der Waals surface area contributed by atoms with E-state index < -0.39 is 17.7 Å². The minimum Gasteiger partial charge on any atom is -0.444 e. The number of aryl methyl sites for hydroxylation is 1. The molecule has 170 valence electrons. The SMILES string of the molecule is CCc1ccccc1NC(=O)CSc1nnc([C@@H](CC(C)C)NC(=O)OC(C)(C)C)o1. The van der Waals surface area contributed by atoms with Crippen molar-refractivity contribution in [2.24, 2.45) is 5.92 Å². The van der Waals surface area contributed by atoms with E-state index in [0.717, 1.165) is 29.4 Å². The highest BCUT2D eigenvalue weighted by Gasteiger charge is 2.25. The number of benzene rings is 1. The molecule has 0 unspecified atom stereocenters. The van der Waals surface area contributed by atoms with Crippen LogP contribution in [0.25, 0.3) is 0 Å². The molecule has 0 saturated heterocycles. The maximum absolute atomic E-state index is 12.3. The van der Waals surface area contributed by atoms with Gasteiger partial charge in [0.15, 0.2) is 0 Å². The Bertz CT molecular complexity index is 876. The summed E-state index contributed by atoms with van der Waals surface area (Å²) < 4.78 is 11.0. The second-order valence-corrected chi connectivity index (χ2v) is 9.51. The van der Waals surface area contributed by atoms with Gasteiger partial charge in [0.25, 0.3) is 5.22 Å². The fourth-order valence-electron chi connectivity index (χ4n) is 2.83. The van der Waals surface area contributed by atoms with Gasteiger partial charge in [-0.15, -0.1) is 10.2 Å². The summed E-state index contributed by atoms with van der Waals surface area (Å²) in [6, 6.07) is 7.23. The molecule has 2 N–H and O–H groups in total. The Morgan fingerprint density at radius 2 is 1.90 bits per heavy atom. The Kier molecular flexibility index (Phi) is 8.91. The predicted octanol–water partition coefficient (Wildman–Crippen LogP) is 4.97. The van der Waals surface area contributed by atoms with Crippen LogP contribution in [0.4, 0.5) is 10.5 Å². The predicted molar refractivity (Wildman–Crippen MR) is 121 cm³/mol. The highest BCUT2D eigenvalue weighted by atomic mass is 32.2. The normalized spacial score (nSPS) is 12.5. The largest absolute Gasteiger partial charge is 0.444 e. The minimum atomic E-state index is -0.605. The molecule has 0 fully saturated rings. The monoisotopic (exact) mass is 448 g/mol. The minimum absolute atomic E-state index is 0.133. The molecule has 1 aromatic carbocycles. The molecule has 2 rings (SSSR count). The van der Waals surface area contributed by atoms with Crippen molar-refractivity contribution < 1.29 is 18.7 Å². The second kappa shape index (κ2) is 11.2. The number of ether oxygens (including phenoxy) is 1. The van der Waals surface area contributed by atoms with E-state index in [0.29, 0.717) is 12.3 Å². The van der Waals surface area contributed by atoms with Crippen molar-refractivity contribution in [2.45, 2.75) is 71.2 Å². The van der Waals surface area contributed by atoms with Crippen LogP contribution in [-0.4, -0.2) is 33.6 Å². The van der Waals surface area contributed by atoms with E-state index in [1.807, 2.05) is 45.0 Å². The van der Waals surface area contributed by atoms with Crippen molar-refractivity contribution in [3.63, 3.8) is 0 Å². The number of alkyl carbamates (subject to hydrolysis) is 1.